The fourth-order valence-corrected chi connectivity index (χ4v) is 1.67. The lowest BCUT2D eigenvalue weighted by atomic mass is 10.3. The summed E-state index contributed by atoms with van der Waals surface area (Å²) in [6, 6.07) is 1.68. The number of halogens is 1. The molecule has 5 heteroatoms. The van der Waals surface area contributed by atoms with E-state index in [2.05, 4.69) is 11.9 Å². The first-order valence-electron chi connectivity index (χ1n) is 5.45. The van der Waals surface area contributed by atoms with Gasteiger partial charge in [-0.1, -0.05) is 24.9 Å². The molecule has 0 fully saturated rings. The number of anilines is 2. The number of aromatic nitrogens is 1. The first-order chi connectivity index (χ1) is 7.69. The Morgan fingerprint density at radius 3 is 2.81 bits per heavy atom. The molecule has 1 heterocycles. The summed E-state index contributed by atoms with van der Waals surface area (Å²) in [5.41, 5.74) is 6.41. The van der Waals surface area contributed by atoms with Crippen LogP contribution in [0.4, 0.5) is 11.5 Å². The van der Waals surface area contributed by atoms with Crippen LogP contribution in [0.3, 0.4) is 0 Å². The smallest absolute Gasteiger partial charge is 0.151 e. The van der Waals surface area contributed by atoms with E-state index in [1.807, 2.05) is 4.90 Å². The lowest BCUT2D eigenvalue weighted by Gasteiger charge is -2.23. The molecule has 0 radical (unpaired) electrons. The molecule has 3 N–H and O–H groups in total. The fraction of sp³-hybridized carbons (Fsp3) is 0.545. The van der Waals surface area contributed by atoms with Crippen molar-refractivity contribution < 1.29 is 5.11 Å². The van der Waals surface area contributed by atoms with E-state index < -0.39 is 0 Å². The van der Waals surface area contributed by atoms with Crippen molar-refractivity contribution in [2.45, 2.75) is 19.8 Å². The third-order valence-corrected chi connectivity index (χ3v) is 2.52. The van der Waals surface area contributed by atoms with E-state index >= 15 is 0 Å². The zero-order valence-corrected chi connectivity index (χ0v) is 10.2. The molecule has 1 aromatic heterocycles. The normalized spacial score (nSPS) is 10.4. The molecule has 0 aliphatic carbocycles. The number of nitrogens with two attached hydrogens (primary N) is 1. The van der Waals surface area contributed by atoms with Crippen LogP contribution in [-0.2, 0) is 0 Å². The molecule has 0 aliphatic heterocycles. The van der Waals surface area contributed by atoms with Gasteiger partial charge in [0.1, 0.15) is 0 Å². The van der Waals surface area contributed by atoms with Gasteiger partial charge in [-0.2, -0.15) is 0 Å². The summed E-state index contributed by atoms with van der Waals surface area (Å²) in [5.74, 6) is 0.701. The van der Waals surface area contributed by atoms with E-state index in [9.17, 15) is 0 Å². The highest BCUT2D eigenvalue weighted by atomic mass is 35.5. The molecule has 0 atom stereocenters. The first-order valence-corrected chi connectivity index (χ1v) is 5.83. The highest BCUT2D eigenvalue weighted by molar-refractivity contribution is 6.30. The summed E-state index contributed by atoms with van der Waals surface area (Å²) < 4.78 is 0. The molecule has 1 rings (SSSR count). The number of hydrogen-bond acceptors (Lipinski definition) is 4. The second-order valence-corrected chi connectivity index (χ2v) is 4.07. The summed E-state index contributed by atoms with van der Waals surface area (Å²) in [4.78, 5) is 6.19. The quantitative estimate of drug-likeness (QED) is 0.801. The van der Waals surface area contributed by atoms with Crippen LogP contribution < -0.4 is 10.6 Å². The molecule has 0 aromatic carbocycles. The second kappa shape index (κ2) is 6.55. The van der Waals surface area contributed by atoms with Crippen LogP contribution in [0, 0.1) is 0 Å². The Morgan fingerprint density at radius 1 is 1.50 bits per heavy atom. The van der Waals surface area contributed by atoms with Gasteiger partial charge in [-0.3, -0.25) is 0 Å². The maximum atomic E-state index is 9.01. The number of aliphatic hydroxyl groups excluding tert-OH is 1. The summed E-state index contributed by atoms with van der Waals surface area (Å²) in [6.07, 6.45) is 3.71. The predicted octanol–water partition coefficient (Wildman–Crippen LogP) is 1.92. The molecule has 0 bridgehead atoms. The molecule has 16 heavy (non-hydrogen) atoms. The van der Waals surface area contributed by atoms with Crippen molar-refractivity contribution in [2.75, 3.05) is 30.3 Å². The van der Waals surface area contributed by atoms with E-state index in [4.69, 9.17) is 22.4 Å². The van der Waals surface area contributed by atoms with E-state index in [1.165, 1.54) is 0 Å². The van der Waals surface area contributed by atoms with Gasteiger partial charge < -0.3 is 15.7 Å². The number of hydrogen-bond donors (Lipinski definition) is 2. The average Bonchev–Trinajstić information content (AvgIpc) is 2.25. The summed E-state index contributed by atoms with van der Waals surface area (Å²) >= 11 is 5.79. The van der Waals surface area contributed by atoms with Gasteiger partial charge in [0.2, 0.25) is 0 Å². The summed E-state index contributed by atoms with van der Waals surface area (Å²) in [7, 11) is 0. The molecule has 1 aromatic rings. The van der Waals surface area contributed by atoms with Gasteiger partial charge in [-0.05, 0) is 12.5 Å². The van der Waals surface area contributed by atoms with Gasteiger partial charge in [0.05, 0.1) is 17.3 Å². The lowest BCUT2D eigenvalue weighted by molar-refractivity contribution is 0.301. The van der Waals surface area contributed by atoms with Crippen molar-refractivity contribution in [3.8, 4) is 0 Å². The van der Waals surface area contributed by atoms with Crippen molar-refractivity contribution in [3.63, 3.8) is 0 Å². The number of aliphatic hydroxyl groups is 1. The van der Waals surface area contributed by atoms with Gasteiger partial charge in [0.25, 0.3) is 0 Å². The third kappa shape index (κ3) is 3.54. The molecule has 0 amide bonds. The Bertz CT molecular complexity index is 333. The van der Waals surface area contributed by atoms with E-state index in [0.29, 0.717) is 23.1 Å². The minimum Gasteiger partial charge on any atom is -0.396 e. The van der Waals surface area contributed by atoms with Crippen molar-refractivity contribution >= 4 is 23.1 Å². The minimum atomic E-state index is 0.0907. The Morgan fingerprint density at radius 2 is 2.25 bits per heavy atom. The van der Waals surface area contributed by atoms with Crippen LogP contribution in [0.15, 0.2) is 12.3 Å². The van der Waals surface area contributed by atoms with Crippen LogP contribution in [0.2, 0.25) is 5.02 Å². The summed E-state index contributed by atoms with van der Waals surface area (Å²) in [5, 5.41) is 9.53. The minimum absolute atomic E-state index is 0.0907. The first kappa shape index (κ1) is 13.1. The molecule has 4 nitrogen and oxygen atoms in total. The summed E-state index contributed by atoms with van der Waals surface area (Å²) in [6.45, 7) is 3.60. The van der Waals surface area contributed by atoms with Crippen LogP contribution in [0.25, 0.3) is 0 Å². The Balaban J connectivity index is 2.82. The second-order valence-electron chi connectivity index (χ2n) is 3.63. The van der Waals surface area contributed by atoms with Gasteiger partial charge in [-0.25, -0.2) is 4.98 Å². The van der Waals surface area contributed by atoms with Crippen molar-refractivity contribution in [1.82, 2.24) is 4.98 Å². The van der Waals surface area contributed by atoms with Crippen LogP contribution >= 0.6 is 11.6 Å². The van der Waals surface area contributed by atoms with Gasteiger partial charge >= 0.3 is 0 Å². The van der Waals surface area contributed by atoms with E-state index in [-0.39, 0.29) is 6.61 Å². The number of pyridine rings is 1. The largest absolute Gasteiger partial charge is 0.396 e. The zero-order valence-electron chi connectivity index (χ0n) is 9.49. The maximum absolute atomic E-state index is 9.01. The molecule has 90 valence electrons. The maximum Gasteiger partial charge on any atom is 0.151 e. The Labute approximate surface area is 101 Å². The number of unbranched alkanes of at least 4 members (excludes halogenated alkanes) is 1. The number of nitrogen functional groups attached to an aromatic ring is 1. The molecule has 0 unspecified atom stereocenters. The van der Waals surface area contributed by atoms with Crippen molar-refractivity contribution in [1.29, 1.82) is 0 Å². The molecule has 0 saturated heterocycles. The highest BCUT2D eigenvalue weighted by Crippen LogP contribution is 2.23. The van der Waals surface area contributed by atoms with Crippen LogP contribution in [0.1, 0.15) is 19.8 Å². The van der Waals surface area contributed by atoms with Crippen LogP contribution in [-0.4, -0.2) is 29.8 Å². The molecule has 0 aliphatic rings. The van der Waals surface area contributed by atoms with E-state index in [0.717, 1.165) is 19.4 Å². The van der Waals surface area contributed by atoms with Gasteiger partial charge in [0, 0.05) is 19.3 Å². The molecule has 0 saturated carbocycles. The average molecular weight is 244 g/mol. The topological polar surface area (TPSA) is 62.4 Å². The predicted molar refractivity (Wildman–Crippen MR) is 67.9 cm³/mol. The highest BCUT2D eigenvalue weighted by Gasteiger charge is 2.10. The molecule has 0 spiro atoms. The van der Waals surface area contributed by atoms with Crippen molar-refractivity contribution in [2.24, 2.45) is 0 Å². The fourth-order valence-electron chi connectivity index (χ4n) is 1.51. The zero-order chi connectivity index (χ0) is 12.0. The van der Waals surface area contributed by atoms with Crippen LogP contribution in [0.5, 0.6) is 0 Å². The number of rotatable bonds is 6. The monoisotopic (exact) mass is 243 g/mol. The number of nitrogens with zero attached hydrogens (tertiary/aromatic N) is 2. The molecular weight excluding hydrogens is 226 g/mol. The van der Waals surface area contributed by atoms with Gasteiger partial charge in [0.15, 0.2) is 5.82 Å². The molecular formula is C11H18ClN3O. The van der Waals surface area contributed by atoms with Crippen molar-refractivity contribution in [3.05, 3.63) is 17.3 Å². The van der Waals surface area contributed by atoms with E-state index in [1.54, 1.807) is 12.3 Å². The Hall–Kier alpha value is -1.00. The lowest BCUT2D eigenvalue weighted by Crippen LogP contribution is -2.29. The SMILES string of the molecule is CCCCN(CCO)c1ncc(Cl)cc1N. The standard InChI is InChI=1S/C11H18ClN3O/c1-2-3-4-15(5-6-16)11-10(13)7-9(12)8-14-11/h7-8,16H,2-6,13H2,1H3. The Kier molecular flexibility index (Phi) is 5.35. The third-order valence-electron chi connectivity index (χ3n) is 2.31. The van der Waals surface area contributed by atoms with Gasteiger partial charge in [-0.15, -0.1) is 0 Å².